The van der Waals surface area contributed by atoms with Crippen molar-refractivity contribution in [2.24, 2.45) is 5.14 Å². The molecule has 1 aromatic carbocycles. The molecule has 0 aromatic heterocycles. The predicted molar refractivity (Wildman–Crippen MR) is 59.5 cm³/mol. The summed E-state index contributed by atoms with van der Waals surface area (Å²) in [5, 5.41) is 13.9. The van der Waals surface area contributed by atoms with Gasteiger partial charge in [-0.2, -0.15) is 8.42 Å². The lowest BCUT2D eigenvalue weighted by Crippen LogP contribution is -2.40. The lowest BCUT2D eigenvalue weighted by Gasteiger charge is -2.19. The number of rotatable bonds is 4. The van der Waals surface area contributed by atoms with Gasteiger partial charge >= 0.3 is 5.97 Å². The number of carboxylic acid groups (broad SMARTS) is 1. The van der Waals surface area contributed by atoms with Crippen molar-refractivity contribution in [3.8, 4) is 0 Å². The first-order valence-electron chi connectivity index (χ1n) is 4.08. The number of nitrogens with zero attached hydrogens (tertiary/aromatic N) is 1. The minimum absolute atomic E-state index is 0.148. The van der Waals surface area contributed by atoms with Crippen LogP contribution in [0.5, 0.6) is 0 Å². The third-order valence-electron chi connectivity index (χ3n) is 1.70. The van der Waals surface area contributed by atoms with Gasteiger partial charge in [-0.3, -0.25) is 4.79 Å². The normalized spacial score (nSPS) is 11.1. The Bertz CT molecular complexity index is 485. The van der Waals surface area contributed by atoms with Gasteiger partial charge in [0.25, 0.3) is 10.2 Å². The fourth-order valence-electron chi connectivity index (χ4n) is 1.06. The topological polar surface area (TPSA) is 101 Å². The quantitative estimate of drug-likeness (QED) is 0.824. The van der Waals surface area contributed by atoms with E-state index in [2.05, 4.69) is 0 Å². The van der Waals surface area contributed by atoms with Crippen molar-refractivity contribution in [2.45, 2.75) is 0 Å². The number of carbonyl (C=O) groups is 1. The van der Waals surface area contributed by atoms with E-state index in [4.69, 9.17) is 21.8 Å². The van der Waals surface area contributed by atoms with E-state index in [1.165, 1.54) is 24.3 Å². The first-order chi connectivity index (χ1) is 7.30. The molecule has 88 valence electrons. The van der Waals surface area contributed by atoms with Crippen LogP contribution in [-0.4, -0.2) is 26.0 Å². The van der Waals surface area contributed by atoms with E-state index in [0.29, 0.717) is 9.33 Å². The largest absolute Gasteiger partial charge is 0.480 e. The first-order valence-corrected chi connectivity index (χ1v) is 5.96. The standard InChI is InChI=1S/C8H9ClN2O4S/c9-6-1-3-7(4-2-6)11(5-8(12)13)16(10,14)15/h1-4H,5H2,(H,12,13)(H2,10,14,15). The number of hydrogen-bond donors (Lipinski definition) is 2. The maximum atomic E-state index is 11.2. The van der Waals surface area contributed by atoms with E-state index >= 15 is 0 Å². The van der Waals surface area contributed by atoms with Crippen molar-refractivity contribution < 1.29 is 18.3 Å². The van der Waals surface area contributed by atoms with Crippen molar-refractivity contribution in [3.63, 3.8) is 0 Å². The summed E-state index contributed by atoms with van der Waals surface area (Å²) in [5.74, 6) is -1.30. The number of hydrogen-bond acceptors (Lipinski definition) is 3. The molecule has 0 bridgehead atoms. The van der Waals surface area contributed by atoms with Gasteiger partial charge in [0.05, 0.1) is 5.69 Å². The van der Waals surface area contributed by atoms with Crippen LogP contribution in [-0.2, 0) is 15.0 Å². The van der Waals surface area contributed by atoms with Crippen molar-refractivity contribution in [2.75, 3.05) is 10.8 Å². The Morgan fingerprint density at radius 3 is 2.25 bits per heavy atom. The van der Waals surface area contributed by atoms with E-state index in [0.717, 1.165) is 0 Å². The van der Waals surface area contributed by atoms with Crippen LogP contribution in [0.15, 0.2) is 24.3 Å². The molecule has 0 fully saturated rings. The molecular formula is C8H9ClN2O4S. The third kappa shape index (κ3) is 3.37. The fraction of sp³-hybridized carbons (Fsp3) is 0.125. The van der Waals surface area contributed by atoms with Crippen molar-refractivity contribution in [1.29, 1.82) is 0 Å². The summed E-state index contributed by atoms with van der Waals surface area (Å²) >= 11 is 5.62. The summed E-state index contributed by atoms with van der Waals surface area (Å²) < 4.78 is 22.9. The summed E-state index contributed by atoms with van der Waals surface area (Å²) in [6, 6.07) is 5.62. The minimum atomic E-state index is -4.12. The monoisotopic (exact) mass is 264 g/mol. The smallest absolute Gasteiger partial charge is 0.324 e. The van der Waals surface area contributed by atoms with Gasteiger partial charge < -0.3 is 5.11 Å². The fourth-order valence-corrected chi connectivity index (χ4v) is 1.89. The molecule has 8 heteroatoms. The average molecular weight is 265 g/mol. The van der Waals surface area contributed by atoms with Crippen LogP contribution in [0, 0.1) is 0 Å². The summed E-state index contributed by atoms with van der Waals surface area (Å²) in [6.07, 6.45) is 0. The Labute approximate surface area is 97.4 Å². The molecule has 0 unspecified atom stereocenters. The van der Waals surface area contributed by atoms with Crippen LogP contribution in [0.25, 0.3) is 0 Å². The van der Waals surface area contributed by atoms with Gasteiger partial charge in [-0.25, -0.2) is 9.44 Å². The summed E-state index contributed by atoms with van der Waals surface area (Å²) in [5.41, 5.74) is 0.148. The second-order valence-electron chi connectivity index (χ2n) is 2.92. The zero-order valence-electron chi connectivity index (χ0n) is 8.00. The van der Waals surface area contributed by atoms with Crippen molar-refractivity contribution in [1.82, 2.24) is 0 Å². The third-order valence-corrected chi connectivity index (χ3v) is 2.91. The van der Waals surface area contributed by atoms with Crippen LogP contribution in [0.2, 0.25) is 5.02 Å². The summed E-state index contributed by atoms with van der Waals surface area (Å²) in [7, 11) is -4.12. The van der Waals surface area contributed by atoms with E-state index in [1.54, 1.807) is 0 Å². The van der Waals surface area contributed by atoms with Crippen molar-refractivity contribution in [3.05, 3.63) is 29.3 Å². The molecule has 0 radical (unpaired) electrons. The highest BCUT2D eigenvalue weighted by Gasteiger charge is 2.20. The highest BCUT2D eigenvalue weighted by molar-refractivity contribution is 7.90. The average Bonchev–Trinajstić information content (AvgIpc) is 2.14. The zero-order valence-corrected chi connectivity index (χ0v) is 9.57. The molecule has 1 aromatic rings. The van der Waals surface area contributed by atoms with Gasteiger partial charge in [-0.1, -0.05) is 11.6 Å². The van der Waals surface area contributed by atoms with Gasteiger partial charge in [0, 0.05) is 5.02 Å². The number of carboxylic acids is 1. The summed E-state index contributed by atoms with van der Waals surface area (Å²) in [4.78, 5) is 10.5. The Hall–Kier alpha value is -1.31. The molecular weight excluding hydrogens is 256 g/mol. The molecule has 0 saturated heterocycles. The molecule has 0 atom stereocenters. The van der Waals surface area contributed by atoms with Gasteiger partial charge in [0.15, 0.2) is 0 Å². The Morgan fingerprint density at radius 1 is 1.38 bits per heavy atom. The zero-order chi connectivity index (χ0) is 12.3. The van der Waals surface area contributed by atoms with E-state index in [9.17, 15) is 13.2 Å². The highest BCUT2D eigenvalue weighted by atomic mass is 35.5. The molecule has 0 heterocycles. The van der Waals surface area contributed by atoms with Crippen LogP contribution in [0.1, 0.15) is 0 Å². The first kappa shape index (κ1) is 12.8. The molecule has 3 N–H and O–H groups in total. The SMILES string of the molecule is NS(=O)(=O)N(CC(=O)O)c1ccc(Cl)cc1. The molecule has 6 nitrogen and oxygen atoms in total. The number of aliphatic carboxylic acids is 1. The van der Waals surface area contributed by atoms with E-state index in [-0.39, 0.29) is 5.69 Å². The summed E-state index contributed by atoms with van der Waals surface area (Å²) in [6.45, 7) is -0.736. The molecule has 0 aliphatic rings. The molecule has 0 saturated carbocycles. The molecule has 0 spiro atoms. The maximum Gasteiger partial charge on any atom is 0.324 e. The van der Waals surface area contributed by atoms with Crippen LogP contribution >= 0.6 is 11.6 Å². The predicted octanol–water partition coefficient (Wildman–Crippen LogP) is 0.435. The number of benzene rings is 1. The van der Waals surface area contributed by atoms with Gasteiger partial charge in [0.1, 0.15) is 6.54 Å². The Balaban J connectivity index is 3.11. The molecule has 0 aliphatic carbocycles. The van der Waals surface area contributed by atoms with Crippen LogP contribution < -0.4 is 9.44 Å². The maximum absolute atomic E-state index is 11.2. The second-order valence-corrected chi connectivity index (χ2v) is 4.83. The van der Waals surface area contributed by atoms with Crippen LogP contribution in [0.3, 0.4) is 0 Å². The van der Waals surface area contributed by atoms with Crippen molar-refractivity contribution >= 4 is 33.5 Å². The molecule has 16 heavy (non-hydrogen) atoms. The lowest BCUT2D eigenvalue weighted by molar-refractivity contribution is -0.135. The number of halogens is 1. The Kier molecular flexibility index (Phi) is 3.74. The van der Waals surface area contributed by atoms with Gasteiger partial charge in [-0.15, -0.1) is 0 Å². The minimum Gasteiger partial charge on any atom is -0.480 e. The second kappa shape index (κ2) is 4.69. The van der Waals surface area contributed by atoms with E-state index < -0.39 is 22.7 Å². The van der Waals surface area contributed by atoms with Gasteiger partial charge in [-0.05, 0) is 24.3 Å². The molecule has 0 amide bonds. The number of nitrogens with two attached hydrogens (primary N) is 1. The molecule has 1 rings (SSSR count). The van der Waals surface area contributed by atoms with Gasteiger partial charge in [0.2, 0.25) is 0 Å². The number of anilines is 1. The Morgan fingerprint density at radius 2 is 1.88 bits per heavy atom. The molecule has 0 aliphatic heterocycles. The van der Waals surface area contributed by atoms with Crippen LogP contribution in [0.4, 0.5) is 5.69 Å². The van der Waals surface area contributed by atoms with E-state index in [1.807, 2.05) is 0 Å². The highest BCUT2D eigenvalue weighted by Crippen LogP contribution is 2.19. The lowest BCUT2D eigenvalue weighted by atomic mass is 10.3.